The quantitative estimate of drug-likeness (QED) is 0.851. The zero-order chi connectivity index (χ0) is 18.1. The monoisotopic (exact) mass is 353 g/mol. The van der Waals surface area contributed by atoms with Gasteiger partial charge in [0, 0.05) is 50.1 Å². The third-order valence-electron chi connectivity index (χ3n) is 5.84. The molecule has 4 rings (SSSR count). The summed E-state index contributed by atoms with van der Waals surface area (Å²) in [7, 11) is 1.98. The maximum Gasteiger partial charge on any atom is 0.225 e. The highest BCUT2D eigenvalue weighted by molar-refractivity contribution is 5.79. The van der Waals surface area contributed by atoms with Gasteiger partial charge in [0.15, 0.2) is 5.82 Å². The number of carbonyl (C=O) groups excluding carboxylic acids is 1. The van der Waals surface area contributed by atoms with Gasteiger partial charge in [-0.2, -0.15) is 0 Å². The highest BCUT2D eigenvalue weighted by Crippen LogP contribution is 2.32. The molecular weight excluding hydrogens is 326 g/mol. The van der Waals surface area contributed by atoms with Gasteiger partial charge in [0.25, 0.3) is 0 Å². The van der Waals surface area contributed by atoms with E-state index in [9.17, 15) is 4.79 Å². The van der Waals surface area contributed by atoms with E-state index in [4.69, 9.17) is 4.98 Å². The molecular formula is C20H27N5O. The molecule has 26 heavy (non-hydrogen) atoms. The molecule has 0 atom stereocenters. The molecule has 2 aromatic heterocycles. The molecule has 2 aromatic rings. The standard InChI is InChI=1S/C20H27N5O/c1-14-22-17(13-18(23-14)19-21-9-12-24(19)2)15-7-10-25(11-8-15)20(26)16-5-3-4-6-16/h9,12-13,15-16H,3-8,10-11H2,1-2H3. The number of aromatic nitrogens is 4. The lowest BCUT2D eigenvalue weighted by Crippen LogP contribution is -2.41. The topological polar surface area (TPSA) is 63.9 Å². The normalized spacial score (nSPS) is 19.2. The molecule has 6 heteroatoms. The number of hydrogen-bond acceptors (Lipinski definition) is 4. The maximum atomic E-state index is 12.6. The molecule has 2 fully saturated rings. The first-order chi connectivity index (χ1) is 12.6. The van der Waals surface area contributed by atoms with E-state index in [1.54, 1.807) is 6.20 Å². The van der Waals surface area contributed by atoms with Crippen LogP contribution in [0.4, 0.5) is 0 Å². The number of piperidine rings is 1. The first-order valence-electron chi connectivity index (χ1n) is 9.74. The Balaban J connectivity index is 1.47. The fourth-order valence-corrected chi connectivity index (χ4v) is 4.35. The molecule has 0 aromatic carbocycles. The third-order valence-corrected chi connectivity index (χ3v) is 5.84. The minimum Gasteiger partial charge on any atom is -0.342 e. The summed E-state index contributed by atoms with van der Waals surface area (Å²) in [6, 6.07) is 2.08. The van der Waals surface area contributed by atoms with Crippen molar-refractivity contribution in [1.82, 2.24) is 24.4 Å². The Morgan fingerprint density at radius 2 is 1.85 bits per heavy atom. The van der Waals surface area contributed by atoms with Crippen LogP contribution in [0, 0.1) is 12.8 Å². The number of hydrogen-bond donors (Lipinski definition) is 0. The third kappa shape index (κ3) is 3.37. The molecule has 2 aliphatic rings. The lowest BCUT2D eigenvalue weighted by Gasteiger charge is -2.33. The van der Waals surface area contributed by atoms with Gasteiger partial charge in [-0.15, -0.1) is 0 Å². The van der Waals surface area contributed by atoms with Crippen molar-refractivity contribution in [3.63, 3.8) is 0 Å². The summed E-state index contributed by atoms with van der Waals surface area (Å²) in [4.78, 5) is 28.4. The smallest absolute Gasteiger partial charge is 0.225 e. The van der Waals surface area contributed by atoms with E-state index in [0.29, 0.717) is 11.8 Å². The zero-order valence-electron chi connectivity index (χ0n) is 15.7. The summed E-state index contributed by atoms with van der Waals surface area (Å²) in [5.74, 6) is 2.70. The van der Waals surface area contributed by atoms with Crippen LogP contribution in [0.25, 0.3) is 11.5 Å². The van der Waals surface area contributed by atoms with E-state index in [1.807, 2.05) is 24.7 Å². The Hall–Kier alpha value is -2.24. The molecule has 3 heterocycles. The molecule has 1 amide bonds. The van der Waals surface area contributed by atoms with Crippen LogP contribution in [0.2, 0.25) is 0 Å². The summed E-state index contributed by atoms with van der Waals surface area (Å²) in [5.41, 5.74) is 1.97. The van der Waals surface area contributed by atoms with Crippen LogP contribution in [0.1, 0.15) is 56.0 Å². The summed E-state index contributed by atoms with van der Waals surface area (Å²) in [6.45, 7) is 3.64. The Bertz CT molecular complexity index is 785. The van der Waals surface area contributed by atoms with Crippen LogP contribution in [-0.4, -0.2) is 43.4 Å². The number of likely N-dealkylation sites (tertiary alicyclic amines) is 1. The van der Waals surface area contributed by atoms with Crippen molar-refractivity contribution < 1.29 is 4.79 Å². The molecule has 0 unspecified atom stereocenters. The molecule has 1 aliphatic heterocycles. The van der Waals surface area contributed by atoms with Crippen molar-refractivity contribution in [3.8, 4) is 11.5 Å². The van der Waals surface area contributed by atoms with E-state index >= 15 is 0 Å². The summed E-state index contributed by atoms with van der Waals surface area (Å²) >= 11 is 0. The second-order valence-corrected chi connectivity index (χ2v) is 7.67. The number of carbonyl (C=O) groups is 1. The second kappa shape index (κ2) is 7.17. The molecule has 1 aliphatic carbocycles. The van der Waals surface area contributed by atoms with Gasteiger partial charge in [0.05, 0.1) is 0 Å². The molecule has 6 nitrogen and oxygen atoms in total. The average Bonchev–Trinajstić information content (AvgIpc) is 3.32. The van der Waals surface area contributed by atoms with Crippen LogP contribution in [-0.2, 0) is 11.8 Å². The molecule has 0 radical (unpaired) electrons. The molecule has 0 N–H and O–H groups in total. The second-order valence-electron chi connectivity index (χ2n) is 7.67. The van der Waals surface area contributed by atoms with Gasteiger partial charge in [0.2, 0.25) is 5.91 Å². The number of imidazole rings is 1. The molecule has 1 saturated heterocycles. The number of aryl methyl sites for hydroxylation is 2. The minimum absolute atomic E-state index is 0.280. The fourth-order valence-electron chi connectivity index (χ4n) is 4.35. The Morgan fingerprint density at radius 1 is 1.12 bits per heavy atom. The molecule has 1 saturated carbocycles. The Labute approximate surface area is 154 Å². The van der Waals surface area contributed by atoms with Crippen molar-refractivity contribution in [2.45, 2.75) is 51.4 Å². The SMILES string of the molecule is Cc1nc(-c2nccn2C)cc(C2CCN(C(=O)C3CCCC3)CC2)n1. The van der Waals surface area contributed by atoms with Gasteiger partial charge in [-0.3, -0.25) is 4.79 Å². The minimum atomic E-state index is 0.280. The van der Waals surface area contributed by atoms with E-state index in [-0.39, 0.29) is 5.92 Å². The Morgan fingerprint density at radius 3 is 2.50 bits per heavy atom. The Kier molecular flexibility index (Phi) is 4.74. The van der Waals surface area contributed by atoms with Crippen LogP contribution in [0.3, 0.4) is 0 Å². The maximum absolute atomic E-state index is 12.6. The van der Waals surface area contributed by atoms with Crippen LogP contribution < -0.4 is 0 Å². The highest BCUT2D eigenvalue weighted by atomic mass is 16.2. The number of rotatable bonds is 3. The van der Waals surface area contributed by atoms with Crippen LogP contribution in [0.5, 0.6) is 0 Å². The summed E-state index contributed by atoms with van der Waals surface area (Å²) in [6.07, 6.45) is 10.3. The largest absolute Gasteiger partial charge is 0.342 e. The van der Waals surface area contributed by atoms with E-state index in [2.05, 4.69) is 20.9 Å². The van der Waals surface area contributed by atoms with Crippen molar-refractivity contribution in [2.75, 3.05) is 13.1 Å². The van der Waals surface area contributed by atoms with E-state index in [1.165, 1.54) is 12.8 Å². The fraction of sp³-hybridized carbons (Fsp3) is 0.600. The molecule has 0 bridgehead atoms. The number of amides is 1. The molecule has 138 valence electrons. The first-order valence-corrected chi connectivity index (χ1v) is 9.74. The predicted octanol–water partition coefficient (Wildman–Crippen LogP) is 3.08. The van der Waals surface area contributed by atoms with Gasteiger partial charge in [-0.05, 0) is 38.7 Å². The number of nitrogens with zero attached hydrogens (tertiary/aromatic N) is 5. The van der Waals surface area contributed by atoms with Crippen molar-refractivity contribution >= 4 is 5.91 Å². The van der Waals surface area contributed by atoms with Gasteiger partial charge in [-0.25, -0.2) is 15.0 Å². The lowest BCUT2D eigenvalue weighted by atomic mass is 9.92. The van der Waals surface area contributed by atoms with Crippen molar-refractivity contribution in [2.24, 2.45) is 13.0 Å². The molecule has 0 spiro atoms. The van der Waals surface area contributed by atoms with Gasteiger partial charge < -0.3 is 9.47 Å². The van der Waals surface area contributed by atoms with Crippen LogP contribution >= 0.6 is 0 Å². The lowest BCUT2D eigenvalue weighted by molar-refractivity contribution is -0.136. The zero-order valence-corrected chi connectivity index (χ0v) is 15.7. The van der Waals surface area contributed by atoms with E-state index < -0.39 is 0 Å². The van der Waals surface area contributed by atoms with Gasteiger partial charge >= 0.3 is 0 Å². The first kappa shape index (κ1) is 17.2. The van der Waals surface area contributed by atoms with Crippen molar-refractivity contribution in [3.05, 3.63) is 30.0 Å². The van der Waals surface area contributed by atoms with Crippen LogP contribution in [0.15, 0.2) is 18.5 Å². The summed E-state index contributed by atoms with van der Waals surface area (Å²) < 4.78 is 1.98. The van der Waals surface area contributed by atoms with Gasteiger partial charge in [0.1, 0.15) is 11.5 Å². The van der Waals surface area contributed by atoms with Crippen molar-refractivity contribution in [1.29, 1.82) is 0 Å². The average molecular weight is 353 g/mol. The van der Waals surface area contributed by atoms with E-state index in [0.717, 1.165) is 61.8 Å². The summed E-state index contributed by atoms with van der Waals surface area (Å²) in [5, 5.41) is 0. The highest BCUT2D eigenvalue weighted by Gasteiger charge is 2.31. The van der Waals surface area contributed by atoms with Gasteiger partial charge in [-0.1, -0.05) is 12.8 Å². The predicted molar refractivity (Wildman–Crippen MR) is 99.5 cm³/mol.